The lowest BCUT2D eigenvalue weighted by atomic mass is 9.79. The van der Waals surface area contributed by atoms with E-state index in [1.165, 1.54) is 5.06 Å². The molecular formula is C14H27N2O2. The number of carbonyl (C=O) groups excluding carboxylic acids is 1. The van der Waals surface area contributed by atoms with Crippen LogP contribution in [0.3, 0.4) is 0 Å². The van der Waals surface area contributed by atoms with Gasteiger partial charge in [0.05, 0.1) is 0 Å². The molecule has 0 bridgehead atoms. The molecule has 4 nitrogen and oxygen atoms in total. The van der Waals surface area contributed by atoms with E-state index in [-0.39, 0.29) is 17.9 Å². The molecule has 1 unspecified atom stereocenters. The van der Waals surface area contributed by atoms with Crippen molar-refractivity contribution in [3.8, 4) is 0 Å². The minimum atomic E-state index is -0.421. The molecule has 4 heteroatoms. The first-order valence-electron chi connectivity index (χ1n) is 6.88. The quantitative estimate of drug-likeness (QED) is 0.842. The molecule has 1 rings (SSSR count). The van der Waals surface area contributed by atoms with E-state index in [0.717, 1.165) is 6.42 Å². The number of nitrogens with zero attached hydrogens (tertiary/aromatic N) is 1. The smallest absolute Gasteiger partial charge is 0.223 e. The van der Waals surface area contributed by atoms with Crippen molar-refractivity contribution < 1.29 is 10.0 Å². The van der Waals surface area contributed by atoms with Gasteiger partial charge in [-0.2, -0.15) is 0 Å². The Bertz CT molecular complexity index is 295. The van der Waals surface area contributed by atoms with Gasteiger partial charge in [0.25, 0.3) is 0 Å². The van der Waals surface area contributed by atoms with Crippen LogP contribution in [0.5, 0.6) is 0 Å². The third-order valence-corrected chi connectivity index (χ3v) is 4.00. The number of nitrogens with one attached hydrogen (secondary N) is 1. The summed E-state index contributed by atoms with van der Waals surface area (Å²) in [4.78, 5) is 11.9. The molecule has 18 heavy (non-hydrogen) atoms. The van der Waals surface area contributed by atoms with Gasteiger partial charge in [-0.3, -0.25) is 4.79 Å². The van der Waals surface area contributed by atoms with Crippen LogP contribution in [0.1, 0.15) is 60.8 Å². The molecule has 1 fully saturated rings. The minimum Gasteiger partial charge on any atom is -0.353 e. The van der Waals surface area contributed by atoms with Crippen LogP contribution < -0.4 is 5.32 Å². The lowest BCUT2D eigenvalue weighted by molar-refractivity contribution is -0.290. The maximum absolute atomic E-state index is 12.2. The lowest BCUT2D eigenvalue weighted by Crippen LogP contribution is -2.62. The molecule has 0 spiro atoms. The second-order valence-corrected chi connectivity index (χ2v) is 6.84. The maximum Gasteiger partial charge on any atom is 0.223 e. The highest BCUT2D eigenvalue weighted by atomic mass is 16.5. The molecule has 1 amide bonds. The summed E-state index contributed by atoms with van der Waals surface area (Å²) in [5, 5.41) is 16.5. The first-order chi connectivity index (χ1) is 8.10. The Labute approximate surface area is 111 Å². The number of rotatable bonds is 3. The third-order valence-electron chi connectivity index (χ3n) is 4.00. The largest absolute Gasteiger partial charge is 0.353 e. The van der Waals surface area contributed by atoms with Crippen molar-refractivity contribution in [1.82, 2.24) is 10.4 Å². The highest BCUT2D eigenvalue weighted by Gasteiger charge is 2.46. The fraction of sp³-hybridized carbons (Fsp3) is 0.929. The summed E-state index contributed by atoms with van der Waals surface area (Å²) < 4.78 is 0. The Morgan fingerprint density at radius 2 is 1.72 bits per heavy atom. The maximum atomic E-state index is 12.2. The van der Waals surface area contributed by atoms with Crippen LogP contribution in [0.15, 0.2) is 0 Å². The van der Waals surface area contributed by atoms with Crippen molar-refractivity contribution in [3.63, 3.8) is 0 Å². The van der Waals surface area contributed by atoms with E-state index >= 15 is 0 Å². The zero-order valence-electron chi connectivity index (χ0n) is 12.5. The van der Waals surface area contributed by atoms with Gasteiger partial charge < -0.3 is 5.32 Å². The molecule has 1 radical (unpaired) electrons. The molecule has 1 atom stereocenters. The molecule has 1 saturated heterocycles. The molecule has 0 aromatic heterocycles. The van der Waals surface area contributed by atoms with Gasteiger partial charge in [-0.1, -0.05) is 13.8 Å². The van der Waals surface area contributed by atoms with Crippen LogP contribution in [0.4, 0.5) is 0 Å². The van der Waals surface area contributed by atoms with Gasteiger partial charge in [0, 0.05) is 23.0 Å². The molecule has 1 aliphatic rings. The lowest BCUT2D eigenvalue weighted by Gasteiger charge is -2.50. The van der Waals surface area contributed by atoms with E-state index in [9.17, 15) is 10.0 Å². The second kappa shape index (κ2) is 5.17. The van der Waals surface area contributed by atoms with Crippen molar-refractivity contribution in [2.45, 2.75) is 77.9 Å². The molecular weight excluding hydrogens is 228 g/mol. The molecule has 0 aromatic carbocycles. The molecule has 105 valence electrons. The Kier molecular flexibility index (Phi) is 4.44. The molecule has 1 aliphatic heterocycles. The number of piperidine rings is 1. The topological polar surface area (TPSA) is 52.2 Å². The van der Waals surface area contributed by atoms with Crippen LogP contribution in [0, 0.1) is 5.92 Å². The molecule has 0 saturated carbocycles. The predicted molar refractivity (Wildman–Crippen MR) is 71.3 cm³/mol. The highest BCUT2D eigenvalue weighted by molar-refractivity contribution is 5.78. The van der Waals surface area contributed by atoms with Crippen molar-refractivity contribution in [2.24, 2.45) is 5.92 Å². The summed E-state index contributed by atoms with van der Waals surface area (Å²) >= 11 is 0. The predicted octanol–water partition coefficient (Wildman–Crippen LogP) is 2.52. The van der Waals surface area contributed by atoms with Gasteiger partial charge in [-0.15, -0.1) is 10.3 Å². The number of amides is 1. The molecule has 0 aromatic rings. The number of hydrogen-bond acceptors (Lipinski definition) is 2. The van der Waals surface area contributed by atoms with Crippen LogP contribution >= 0.6 is 0 Å². The van der Waals surface area contributed by atoms with Gasteiger partial charge in [-0.25, -0.2) is 0 Å². The monoisotopic (exact) mass is 255 g/mol. The standard InChI is InChI=1S/C14H27N2O2/c1-7-10(2)12(17)15-11-8-13(3,4)16(18)14(5,6)9-11/h10-11H,7-9H2,1-6H3,(H,15,17). The molecule has 1 heterocycles. The normalized spacial score (nSPS) is 25.7. The highest BCUT2D eigenvalue weighted by Crippen LogP contribution is 2.37. The Balaban J connectivity index is 2.72. The molecule has 1 N–H and O–H groups in total. The van der Waals surface area contributed by atoms with Crippen molar-refractivity contribution in [3.05, 3.63) is 0 Å². The summed E-state index contributed by atoms with van der Waals surface area (Å²) in [6.07, 6.45) is 2.27. The first-order valence-corrected chi connectivity index (χ1v) is 6.88. The summed E-state index contributed by atoms with van der Waals surface area (Å²) in [5.41, 5.74) is -0.843. The van der Waals surface area contributed by atoms with Crippen LogP contribution in [-0.4, -0.2) is 28.1 Å². The van der Waals surface area contributed by atoms with Crippen LogP contribution in [0.2, 0.25) is 0 Å². The van der Waals surface area contributed by atoms with Gasteiger partial charge >= 0.3 is 0 Å². The van der Waals surface area contributed by atoms with Crippen molar-refractivity contribution in [2.75, 3.05) is 0 Å². The van der Waals surface area contributed by atoms with Crippen molar-refractivity contribution >= 4 is 5.91 Å². The van der Waals surface area contributed by atoms with E-state index in [2.05, 4.69) is 5.32 Å². The summed E-state index contributed by atoms with van der Waals surface area (Å²) in [6, 6.07) is 0.0988. The van der Waals surface area contributed by atoms with E-state index in [1.54, 1.807) is 0 Å². The van der Waals surface area contributed by atoms with E-state index in [0.29, 0.717) is 12.8 Å². The third kappa shape index (κ3) is 3.23. The van der Waals surface area contributed by atoms with Gasteiger partial charge in [0.2, 0.25) is 5.91 Å². The van der Waals surface area contributed by atoms with E-state index in [4.69, 9.17) is 0 Å². The Morgan fingerprint density at radius 3 is 2.11 bits per heavy atom. The van der Waals surface area contributed by atoms with E-state index in [1.807, 2.05) is 41.5 Å². The minimum absolute atomic E-state index is 0.0431. The summed E-state index contributed by atoms with van der Waals surface area (Å²) in [5.74, 6) is 0.148. The second-order valence-electron chi connectivity index (χ2n) is 6.84. The zero-order valence-corrected chi connectivity index (χ0v) is 12.5. The van der Waals surface area contributed by atoms with Crippen LogP contribution in [-0.2, 0) is 10.0 Å². The fourth-order valence-corrected chi connectivity index (χ4v) is 2.89. The number of hydroxylamine groups is 2. The average molecular weight is 255 g/mol. The van der Waals surface area contributed by atoms with E-state index < -0.39 is 11.1 Å². The number of carbonyl (C=O) groups is 1. The zero-order chi connectivity index (χ0) is 14.1. The fourth-order valence-electron chi connectivity index (χ4n) is 2.89. The number of hydrogen-bond donors (Lipinski definition) is 1. The van der Waals surface area contributed by atoms with Crippen molar-refractivity contribution in [1.29, 1.82) is 0 Å². The summed E-state index contributed by atoms with van der Waals surface area (Å²) in [7, 11) is 0. The average Bonchev–Trinajstić information content (AvgIpc) is 2.23. The Morgan fingerprint density at radius 1 is 1.28 bits per heavy atom. The van der Waals surface area contributed by atoms with Gasteiger partial charge in [-0.05, 0) is 47.0 Å². The summed E-state index contributed by atoms with van der Waals surface area (Å²) in [6.45, 7) is 11.7. The van der Waals surface area contributed by atoms with Gasteiger partial charge in [0.1, 0.15) is 0 Å². The van der Waals surface area contributed by atoms with Crippen LogP contribution in [0.25, 0.3) is 0 Å². The van der Waals surface area contributed by atoms with Gasteiger partial charge in [0.15, 0.2) is 0 Å². The molecule has 0 aliphatic carbocycles. The SMILES string of the molecule is CCC(C)C(=O)NC1CC(C)(C)N([O])C(C)(C)C1. The first kappa shape index (κ1) is 15.4. The Hall–Kier alpha value is -0.610.